The van der Waals surface area contributed by atoms with Crippen LogP contribution in [0.5, 0.6) is 0 Å². The van der Waals surface area contributed by atoms with Crippen LogP contribution in [0.2, 0.25) is 10.0 Å². The molecule has 0 radical (unpaired) electrons. The second kappa shape index (κ2) is 7.45. The van der Waals surface area contributed by atoms with Crippen molar-refractivity contribution in [1.82, 2.24) is 0 Å². The predicted molar refractivity (Wildman–Crippen MR) is 82.2 cm³/mol. The van der Waals surface area contributed by atoms with Crippen LogP contribution in [0, 0.1) is 5.92 Å². The molecule has 0 aliphatic heterocycles. The first-order valence-corrected chi connectivity index (χ1v) is 8.62. The Balaban J connectivity index is 2.90. The molecule has 0 heterocycles. The van der Waals surface area contributed by atoms with E-state index >= 15 is 0 Å². The smallest absolute Gasteiger partial charge is 0.339 e. The summed E-state index contributed by atoms with van der Waals surface area (Å²) in [6, 6.07) is 2.19. The molecular weight excluding hydrogens is 337 g/mol. The molecular formula is C13H17Cl2NO4S. The van der Waals surface area contributed by atoms with Gasteiger partial charge in [-0.2, -0.15) is 0 Å². The van der Waals surface area contributed by atoms with E-state index in [0.717, 1.165) is 25.0 Å². The SMILES string of the molecule is CC(C)CCCOC(=O)c1cc(S(N)(=O)=O)c(Cl)cc1Cl. The highest BCUT2D eigenvalue weighted by Gasteiger charge is 2.20. The van der Waals surface area contributed by atoms with Gasteiger partial charge in [-0.1, -0.05) is 37.0 Å². The number of rotatable bonds is 6. The van der Waals surface area contributed by atoms with Crippen molar-refractivity contribution in [2.24, 2.45) is 11.1 Å². The lowest BCUT2D eigenvalue weighted by Gasteiger charge is -2.09. The van der Waals surface area contributed by atoms with Gasteiger partial charge in [-0.25, -0.2) is 18.4 Å². The molecule has 0 atom stereocenters. The summed E-state index contributed by atoms with van der Waals surface area (Å²) in [6.07, 6.45) is 1.64. The maximum absolute atomic E-state index is 11.9. The van der Waals surface area contributed by atoms with Crippen LogP contribution in [0.1, 0.15) is 37.0 Å². The highest BCUT2D eigenvalue weighted by molar-refractivity contribution is 7.89. The lowest BCUT2D eigenvalue weighted by molar-refractivity contribution is 0.0494. The average molecular weight is 354 g/mol. The van der Waals surface area contributed by atoms with Gasteiger partial charge in [0, 0.05) is 0 Å². The number of esters is 1. The fraction of sp³-hybridized carbons (Fsp3) is 0.462. The minimum atomic E-state index is -4.04. The summed E-state index contributed by atoms with van der Waals surface area (Å²) >= 11 is 11.6. The summed E-state index contributed by atoms with van der Waals surface area (Å²) in [6.45, 7) is 4.37. The fourth-order valence-electron chi connectivity index (χ4n) is 1.64. The standard InChI is InChI=1S/C13H17Cl2NO4S/c1-8(2)4-3-5-20-13(17)9-6-12(21(16,18)19)11(15)7-10(9)14/h6-8H,3-5H2,1-2H3,(H2,16,18,19). The van der Waals surface area contributed by atoms with E-state index in [1.165, 1.54) is 0 Å². The number of primary sulfonamides is 1. The van der Waals surface area contributed by atoms with Crippen molar-refractivity contribution in [3.8, 4) is 0 Å². The zero-order chi connectivity index (χ0) is 16.2. The van der Waals surface area contributed by atoms with E-state index in [1.807, 2.05) is 0 Å². The van der Waals surface area contributed by atoms with Gasteiger partial charge >= 0.3 is 5.97 Å². The van der Waals surface area contributed by atoms with E-state index in [0.29, 0.717) is 5.92 Å². The van der Waals surface area contributed by atoms with Gasteiger partial charge in [-0.3, -0.25) is 0 Å². The molecule has 0 fully saturated rings. The van der Waals surface area contributed by atoms with Crippen LogP contribution in [0.3, 0.4) is 0 Å². The molecule has 0 spiro atoms. The number of benzene rings is 1. The van der Waals surface area contributed by atoms with Crippen molar-refractivity contribution in [3.05, 3.63) is 27.7 Å². The molecule has 1 rings (SSSR count). The quantitative estimate of drug-likeness (QED) is 0.628. The van der Waals surface area contributed by atoms with Crippen LogP contribution in [0.15, 0.2) is 17.0 Å². The highest BCUT2D eigenvalue weighted by atomic mass is 35.5. The summed E-state index contributed by atoms with van der Waals surface area (Å²) in [5.41, 5.74) is -0.0744. The largest absolute Gasteiger partial charge is 0.462 e. The van der Waals surface area contributed by atoms with E-state index in [1.54, 1.807) is 0 Å². The highest BCUT2D eigenvalue weighted by Crippen LogP contribution is 2.28. The molecule has 5 nitrogen and oxygen atoms in total. The van der Waals surface area contributed by atoms with E-state index < -0.39 is 16.0 Å². The molecule has 0 aliphatic carbocycles. The first-order valence-electron chi connectivity index (χ1n) is 6.32. The minimum absolute atomic E-state index is 0.0151. The third-order valence-corrected chi connectivity index (χ3v) is 4.40. The third-order valence-electron chi connectivity index (χ3n) is 2.71. The van der Waals surface area contributed by atoms with Gasteiger partial charge < -0.3 is 4.74 Å². The number of halogens is 2. The number of carbonyl (C=O) groups excluding carboxylic acids is 1. The lowest BCUT2D eigenvalue weighted by Crippen LogP contribution is -2.15. The Morgan fingerprint density at radius 1 is 1.29 bits per heavy atom. The van der Waals surface area contributed by atoms with Gasteiger partial charge in [-0.05, 0) is 30.9 Å². The summed E-state index contributed by atoms with van der Waals surface area (Å²) in [7, 11) is -4.04. The number of hydrogen-bond donors (Lipinski definition) is 1. The summed E-state index contributed by atoms with van der Waals surface area (Å²) in [5.74, 6) is -0.192. The molecule has 2 N–H and O–H groups in total. The van der Waals surface area contributed by atoms with Crippen molar-refractivity contribution in [2.75, 3.05) is 6.61 Å². The molecule has 1 aromatic rings. The Bertz CT molecular complexity index is 629. The van der Waals surface area contributed by atoms with Crippen molar-refractivity contribution >= 4 is 39.2 Å². The molecule has 21 heavy (non-hydrogen) atoms. The summed E-state index contributed by atoms with van der Waals surface area (Å²) < 4.78 is 27.8. The Labute approximate surface area is 134 Å². The van der Waals surface area contributed by atoms with Gasteiger partial charge in [-0.15, -0.1) is 0 Å². The lowest BCUT2D eigenvalue weighted by atomic mass is 10.1. The normalized spacial score (nSPS) is 11.7. The van der Waals surface area contributed by atoms with Gasteiger partial charge in [0.1, 0.15) is 4.90 Å². The maximum atomic E-state index is 11.9. The molecule has 118 valence electrons. The predicted octanol–water partition coefficient (Wildman–Crippen LogP) is 3.23. The third kappa shape index (κ3) is 5.47. The second-order valence-corrected chi connectivity index (χ2v) is 7.32. The van der Waals surface area contributed by atoms with Gasteiger partial charge in [0.15, 0.2) is 0 Å². The van der Waals surface area contributed by atoms with Crippen molar-refractivity contribution in [2.45, 2.75) is 31.6 Å². The minimum Gasteiger partial charge on any atom is -0.462 e. The van der Waals surface area contributed by atoms with Crippen molar-refractivity contribution < 1.29 is 17.9 Å². The van der Waals surface area contributed by atoms with Crippen LogP contribution >= 0.6 is 23.2 Å². The van der Waals surface area contributed by atoms with Gasteiger partial charge in [0.05, 0.1) is 22.2 Å². The van der Waals surface area contributed by atoms with Crippen molar-refractivity contribution in [1.29, 1.82) is 0 Å². The molecule has 0 bridgehead atoms. The Morgan fingerprint density at radius 2 is 1.90 bits per heavy atom. The van der Waals surface area contributed by atoms with Crippen LogP contribution in [0.25, 0.3) is 0 Å². The number of hydrogen-bond acceptors (Lipinski definition) is 4. The van der Waals surface area contributed by atoms with Crippen LogP contribution in [-0.2, 0) is 14.8 Å². The van der Waals surface area contributed by atoms with Crippen LogP contribution in [-0.4, -0.2) is 21.0 Å². The molecule has 1 aromatic carbocycles. The molecule has 8 heteroatoms. The van der Waals surface area contributed by atoms with Gasteiger partial charge in [0.25, 0.3) is 0 Å². The van der Waals surface area contributed by atoms with E-state index in [4.69, 9.17) is 33.1 Å². The number of carbonyl (C=O) groups is 1. The monoisotopic (exact) mass is 353 g/mol. The number of nitrogens with two attached hydrogens (primary N) is 1. The Kier molecular flexibility index (Phi) is 6.46. The van der Waals surface area contributed by atoms with Crippen molar-refractivity contribution in [3.63, 3.8) is 0 Å². The number of ether oxygens (including phenoxy) is 1. The number of sulfonamides is 1. The topological polar surface area (TPSA) is 86.5 Å². The maximum Gasteiger partial charge on any atom is 0.339 e. The Hall–Kier alpha value is -0.820. The molecule has 0 saturated heterocycles. The second-order valence-electron chi connectivity index (χ2n) is 4.98. The zero-order valence-electron chi connectivity index (χ0n) is 11.7. The molecule has 0 amide bonds. The summed E-state index contributed by atoms with van der Waals surface area (Å²) in [5, 5.41) is 4.90. The van der Waals surface area contributed by atoms with E-state index in [2.05, 4.69) is 13.8 Å². The van der Waals surface area contributed by atoms with Crippen LogP contribution in [0.4, 0.5) is 0 Å². The molecule has 0 aliphatic rings. The molecule has 0 aromatic heterocycles. The molecule has 0 unspecified atom stereocenters. The van der Waals surface area contributed by atoms with E-state index in [9.17, 15) is 13.2 Å². The van der Waals surface area contributed by atoms with E-state index in [-0.39, 0.29) is 27.1 Å². The first-order chi connectivity index (χ1) is 9.62. The molecule has 0 saturated carbocycles. The average Bonchev–Trinajstić information content (AvgIpc) is 2.32. The fourth-order valence-corrected chi connectivity index (χ4v) is 3.03. The zero-order valence-corrected chi connectivity index (χ0v) is 14.1. The first kappa shape index (κ1) is 18.2. The summed E-state index contributed by atoms with van der Waals surface area (Å²) in [4.78, 5) is 11.6. The van der Waals surface area contributed by atoms with Crippen LogP contribution < -0.4 is 5.14 Å². The van der Waals surface area contributed by atoms with Gasteiger partial charge in [0.2, 0.25) is 10.0 Å². The Morgan fingerprint density at radius 3 is 2.43 bits per heavy atom.